The summed E-state index contributed by atoms with van der Waals surface area (Å²) in [5.41, 5.74) is 3.58. The van der Waals surface area contributed by atoms with E-state index in [0.717, 1.165) is 29.9 Å². The monoisotopic (exact) mass is 248 g/mol. The van der Waals surface area contributed by atoms with E-state index in [1.54, 1.807) is 0 Å². The summed E-state index contributed by atoms with van der Waals surface area (Å²) < 4.78 is 0. The Hall–Kier alpha value is -0.980. The lowest BCUT2D eigenvalue weighted by atomic mass is 9.92. The van der Waals surface area contributed by atoms with Gasteiger partial charge in [-0.05, 0) is 55.6 Å². The summed E-state index contributed by atoms with van der Waals surface area (Å²) in [6.07, 6.45) is 4.83. The molecule has 1 atom stereocenters. The van der Waals surface area contributed by atoms with Crippen LogP contribution in [0.5, 0.6) is 5.75 Å². The van der Waals surface area contributed by atoms with Crippen molar-refractivity contribution in [2.45, 2.75) is 66.2 Å². The normalized spacial score (nSPS) is 15.8. The van der Waals surface area contributed by atoms with Crippen LogP contribution in [-0.2, 0) is 6.42 Å². The highest BCUT2D eigenvalue weighted by molar-refractivity contribution is 5.45. The van der Waals surface area contributed by atoms with Gasteiger partial charge in [-0.3, -0.25) is 0 Å². The van der Waals surface area contributed by atoms with Crippen molar-refractivity contribution >= 4 is 0 Å². The lowest BCUT2D eigenvalue weighted by molar-refractivity contribution is 0.453. The molecule has 0 heterocycles. The first-order valence-corrected chi connectivity index (χ1v) is 7.44. The van der Waals surface area contributed by atoms with Crippen molar-refractivity contribution in [1.82, 2.24) is 0 Å². The van der Waals surface area contributed by atoms with Crippen molar-refractivity contribution in [2.75, 3.05) is 0 Å². The van der Waals surface area contributed by atoms with Crippen molar-refractivity contribution < 1.29 is 5.11 Å². The van der Waals surface area contributed by atoms with Gasteiger partial charge in [0.15, 0.2) is 0 Å². The maximum absolute atomic E-state index is 10.3. The second-order valence-electron chi connectivity index (χ2n) is 5.32. The van der Waals surface area contributed by atoms with E-state index >= 15 is 0 Å². The van der Waals surface area contributed by atoms with Crippen molar-refractivity contribution in [3.63, 3.8) is 0 Å². The number of phenolic OH excluding ortho intramolecular Hbond substituents is 1. The number of hydrogen-bond acceptors (Lipinski definition) is 1. The van der Waals surface area contributed by atoms with Crippen LogP contribution in [0.1, 0.15) is 69.6 Å². The highest BCUT2D eigenvalue weighted by Crippen LogP contribution is 2.38. The zero-order chi connectivity index (χ0) is 13.7. The van der Waals surface area contributed by atoms with Crippen LogP contribution in [-0.4, -0.2) is 5.11 Å². The Morgan fingerprint density at radius 2 is 1.89 bits per heavy atom. The minimum Gasteiger partial charge on any atom is -0.507 e. The average molecular weight is 248 g/mol. The molecule has 1 N–H and O–H groups in total. The summed E-state index contributed by atoms with van der Waals surface area (Å²) in [5.74, 6) is 1.85. The second-order valence-corrected chi connectivity index (χ2v) is 5.32. The summed E-state index contributed by atoms with van der Waals surface area (Å²) in [7, 11) is 0. The summed E-state index contributed by atoms with van der Waals surface area (Å²) in [4.78, 5) is 0. The number of rotatable bonds is 4. The van der Waals surface area contributed by atoms with Crippen LogP contribution in [0.2, 0.25) is 0 Å². The zero-order valence-electron chi connectivity index (χ0n) is 12.6. The molecule has 0 saturated heterocycles. The molecule has 18 heavy (non-hydrogen) atoms. The van der Waals surface area contributed by atoms with Crippen LogP contribution in [0, 0.1) is 12.8 Å². The fraction of sp³-hybridized carbons (Fsp3) is 0.647. The first-order chi connectivity index (χ1) is 8.61. The Balaban J connectivity index is 0.000000771. The molecule has 1 nitrogen and oxygen atoms in total. The molecule has 0 aliphatic heterocycles. The van der Waals surface area contributed by atoms with Gasteiger partial charge in [-0.1, -0.05) is 45.4 Å². The topological polar surface area (TPSA) is 20.2 Å². The molecule has 0 amide bonds. The summed E-state index contributed by atoms with van der Waals surface area (Å²) in [6.45, 7) is 10.5. The van der Waals surface area contributed by atoms with Crippen LogP contribution in [0.4, 0.5) is 0 Å². The Morgan fingerprint density at radius 3 is 2.39 bits per heavy atom. The fourth-order valence-electron chi connectivity index (χ4n) is 2.27. The van der Waals surface area contributed by atoms with Gasteiger partial charge >= 0.3 is 0 Å². The molecule has 1 aliphatic carbocycles. The first-order valence-electron chi connectivity index (χ1n) is 7.44. The van der Waals surface area contributed by atoms with Gasteiger partial charge in [0.25, 0.3) is 0 Å². The van der Waals surface area contributed by atoms with Crippen molar-refractivity contribution in [3.8, 4) is 5.75 Å². The van der Waals surface area contributed by atoms with Gasteiger partial charge in [-0.2, -0.15) is 0 Å². The molecule has 1 saturated carbocycles. The minimum absolute atomic E-state index is 0.456. The summed E-state index contributed by atoms with van der Waals surface area (Å²) in [6, 6.07) is 4.29. The van der Waals surface area contributed by atoms with Gasteiger partial charge < -0.3 is 5.11 Å². The van der Waals surface area contributed by atoms with Crippen molar-refractivity contribution in [3.05, 3.63) is 28.8 Å². The van der Waals surface area contributed by atoms with Gasteiger partial charge in [0, 0.05) is 0 Å². The van der Waals surface area contributed by atoms with Gasteiger partial charge in [-0.15, -0.1) is 0 Å². The van der Waals surface area contributed by atoms with Crippen LogP contribution in [0.25, 0.3) is 0 Å². The highest BCUT2D eigenvalue weighted by atomic mass is 16.3. The molecule has 1 aromatic rings. The maximum Gasteiger partial charge on any atom is 0.122 e. The van der Waals surface area contributed by atoms with E-state index in [-0.39, 0.29) is 0 Å². The summed E-state index contributed by atoms with van der Waals surface area (Å²) in [5, 5.41) is 10.3. The van der Waals surface area contributed by atoms with Crippen LogP contribution in [0.3, 0.4) is 0 Å². The Morgan fingerprint density at radius 1 is 1.28 bits per heavy atom. The standard InChI is InChI=1S/C15H22O.C2H6/c1-4-11(3)14-8-10(2)7-13(15(14)16)9-12-5-6-12;1-2/h7-8,11-12,16H,4-6,9H2,1-3H3;1-2H3. The number of phenols is 1. The smallest absolute Gasteiger partial charge is 0.122 e. The van der Waals surface area contributed by atoms with E-state index in [0.29, 0.717) is 11.7 Å². The van der Waals surface area contributed by atoms with Crippen molar-refractivity contribution in [1.29, 1.82) is 0 Å². The minimum atomic E-state index is 0.456. The Kier molecular flexibility index (Phi) is 5.71. The molecule has 2 rings (SSSR count). The quantitative estimate of drug-likeness (QED) is 0.777. The van der Waals surface area contributed by atoms with Crippen LogP contribution < -0.4 is 0 Å². The Bertz CT molecular complexity index is 377. The molecule has 102 valence electrons. The molecule has 1 aromatic carbocycles. The Labute approximate surface area is 112 Å². The number of aromatic hydroxyl groups is 1. The average Bonchev–Trinajstić information content (AvgIpc) is 3.19. The fourth-order valence-corrected chi connectivity index (χ4v) is 2.27. The molecule has 1 unspecified atom stereocenters. The third kappa shape index (κ3) is 3.76. The van der Waals surface area contributed by atoms with Crippen molar-refractivity contribution in [2.24, 2.45) is 5.92 Å². The molecule has 0 bridgehead atoms. The number of aryl methyl sites for hydroxylation is 1. The largest absolute Gasteiger partial charge is 0.507 e. The molecule has 1 fully saturated rings. The molecular weight excluding hydrogens is 220 g/mol. The SMILES string of the molecule is CC.CCC(C)c1cc(C)cc(CC2CC2)c1O. The molecular formula is C17H28O. The third-order valence-electron chi connectivity index (χ3n) is 3.71. The predicted octanol–water partition coefficient (Wildman–Crippen LogP) is 5.19. The molecule has 0 radical (unpaired) electrons. The van der Waals surface area contributed by atoms with Gasteiger partial charge in [0.1, 0.15) is 5.75 Å². The third-order valence-corrected chi connectivity index (χ3v) is 3.71. The van der Waals surface area contributed by atoms with E-state index < -0.39 is 0 Å². The lowest BCUT2D eigenvalue weighted by Gasteiger charge is -2.15. The molecule has 1 aliphatic rings. The predicted molar refractivity (Wildman–Crippen MR) is 79.3 cm³/mol. The van der Waals surface area contributed by atoms with E-state index in [1.807, 2.05) is 13.8 Å². The van der Waals surface area contributed by atoms with E-state index in [9.17, 15) is 5.11 Å². The first kappa shape index (κ1) is 15.1. The van der Waals surface area contributed by atoms with Gasteiger partial charge in [0.05, 0.1) is 0 Å². The molecule has 0 spiro atoms. The van der Waals surface area contributed by atoms with Gasteiger partial charge in [-0.25, -0.2) is 0 Å². The van der Waals surface area contributed by atoms with Gasteiger partial charge in [0.2, 0.25) is 0 Å². The van der Waals surface area contributed by atoms with Crippen LogP contribution >= 0.6 is 0 Å². The second kappa shape index (κ2) is 6.82. The maximum atomic E-state index is 10.3. The molecule has 0 aromatic heterocycles. The van der Waals surface area contributed by atoms with E-state index in [4.69, 9.17) is 0 Å². The lowest BCUT2D eigenvalue weighted by Crippen LogP contribution is -1.98. The highest BCUT2D eigenvalue weighted by Gasteiger charge is 2.24. The van der Waals surface area contributed by atoms with Crippen LogP contribution in [0.15, 0.2) is 12.1 Å². The summed E-state index contributed by atoms with van der Waals surface area (Å²) >= 11 is 0. The van der Waals surface area contributed by atoms with E-state index in [2.05, 4.69) is 32.9 Å². The molecule has 1 heteroatoms. The number of hydrogen-bond donors (Lipinski definition) is 1. The zero-order valence-corrected chi connectivity index (χ0v) is 12.6. The van der Waals surface area contributed by atoms with E-state index in [1.165, 1.54) is 18.4 Å². The number of benzene rings is 1.